The third-order valence-electron chi connectivity index (χ3n) is 1.51. The van der Waals surface area contributed by atoms with Crippen LogP contribution in [0, 0.1) is 5.82 Å². The van der Waals surface area contributed by atoms with Crippen molar-refractivity contribution in [3.05, 3.63) is 35.6 Å². The molecule has 0 fully saturated rings. The SMILES string of the molecule is CC(C)(I)c1ccccc1F. The van der Waals surface area contributed by atoms with Gasteiger partial charge in [0.05, 0.1) is 0 Å². The summed E-state index contributed by atoms with van der Waals surface area (Å²) in [4.78, 5) is 0. The van der Waals surface area contributed by atoms with Crippen LogP contribution in [-0.2, 0) is 3.42 Å². The second-order valence-electron chi connectivity index (χ2n) is 2.95. The molecule has 0 saturated carbocycles. The summed E-state index contributed by atoms with van der Waals surface area (Å²) in [5, 5.41) is 0. The molecule has 0 aromatic heterocycles. The van der Waals surface area contributed by atoms with Gasteiger partial charge in [-0.1, -0.05) is 40.8 Å². The normalized spacial score (nSPS) is 11.6. The summed E-state index contributed by atoms with van der Waals surface area (Å²) < 4.78 is 13.0. The van der Waals surface area contributed by atoms with Crippen LogP contribution in [0.15, 0.2) is 24.3 Å². The zero-order valence-corrected chi connectivity index (χ0v) is 8.72. The van der Waals surface area contributed by atoms with Crippen LogP contribution in [-0.4, -0.2) is 0 Å². The van der Waals surface area contributed by atoms with Gasteiger partial charge in [-0.3, -0.25) is 0 Å². The average Bonchev–Trinajstić information content (AvgIpc) is 1.86. The fourth-order valence-electron chi connectivity index (χ4n) is 0.943. The molecular weight excluding hydrogens is 254 g/mol. The number of rotatable bonds is 1. The second kappa shape index (κ2) is 3.09. The summed E-state index contributed by atoms with van der Waals surface area (Å²) in [6, 6.07) is 6.89. The standard InChI is InChI=1S/C9H10FI/c1-9(2,11)7-5-3-4-6-8(7)10/h3-6H,1-2H3. The first-order valence-electron chi connectivity index (χ1n) is 3.46. The lowest BCUT2D eigenvalue weighted by Crippen LogP contribution is -2.08. The molecule has 0 N–H and O–H groups in total. The second-order valence-corrected chi connectivity index (χ2v) is 5.65. The van der Waals surface area contributed by atoms with Crippen molar-refractivity contribution in [2.45, 2.75) is 17.3 Å². The molecule has 60 valence electrons. The summed E-state index contributed by atoms with van der Waals surface area (Å²) in [5.41, 5.74) is 0.764. The zero-order valence-electron chi connectivity index (χ0n) is 6.57. The van der Waals surface area contributed by atoms with Crippen LogP contribution in [0.2, 0.25) is 0 Å². The van der Waals surface area contributed by atoms with Crippen molar-refractivity contribution in [3.63, 3.8) is 0 Å². The van der Waals surface area contributed by atoms with E-state index in [1.54, 1.807) is 6.07 Å². The first-order chi connectivity index (χ1) is 5.02. The monoisotopic (exact) mass is 264 g/mol. The maximum Gasteiger partial charge on any atom is 0.127 e. The predicted octanol–water partition coefficient (Wildman–Crippen LogP) is 3.50. The van der Waals surface area contributed by atoms with E-state index in [4.69, 9.17) is 0 Å². The Morgan fingerprint density at radius 2 is 1.82 bits per heavy atom. The highest BCUT2D eigenvalue weighted by Gasteiger charge is 2.18. The maximum absolute atomic E-state index is 13.1. The minimum atomic E-state index is -0.122. The third-order valence-corrected chi connectivity index (χ3v) is 2.10. The van der Waals surface area contributed by atoms with Gasteiger partial charge < -0.3 is 0 Å². The Balaban J connectivity index is 3.14. The van der Waals surface area contributed by atoms with Gasteiger partial charge in [0.15, 0.2) is 0 Å². The molecule has 2 heteroatoms. The lowest BCUT2D eigenvalue weighted by Gasteiger charge is -2.16. The van der Waals surface area contributed by atoms with Crippen molar-refractivity contribution in [2.75, 3.05) is 0 Å². The fraction of sp³-hybridized carbons (Fsp3) is 0.333. The Labute approximate surface area is 80.0 Å². The van der Waals surface area contributed by atoms with Crippen LogP contribution in [0.1, 0.15) is 19.4 Å². The Bertz CT molecular complexity index is 250. The molecule has 0 unspecified atom stereocenters. The summed E-state index contributed by atoms with van der Waals surface area (Å²) in [5.74, 6) is -0.119. The van der Waals surface area contributed by atoms with E-state index in [1.165, 1.54) is 6.07 Å². The molecule has 0 atom stereocenters. The van der Waals surface area contributed by atoms with E-state index < -0.39 is 0 Å². The lowest BCUT2D eigenvalue weighted by atomic mass is 10.0. The number of hydrogen-bond acceptors (Lipinski definition) is 0. The van der Waals surface area contributed by atoms with Crippen molar-refractivity contribution >= 4 is 22.6 Å². The molecule has 1 aromatic carbocycles. The zero-order chi connectivity index (χ0) is 8.48. The molecule has 0 bridgehead atoms. The first kappa shape index (κ1) is 8.97. The molecule has 0 aliphatic carbocycles. The van der Waals surface area contributed by atoms with Gasteiger partial charge in [-0.25, -0.2) is 4.39 Å². The highest BCUT2D eigenvalue weighted by atomic mass is 127. The molecule has 0 heterocycles. The molecular formula is C9H10FI. The molecule has 0 amide bonds. The number of benzene rings is 1. The minimum Gasteiger partial charge on any atom is -0.207 e. The largest absolute Gasteiger partial charge is 0.207 e. The van der Waals surface area contributed by atoms with E-state index in [2.05, 4.69) is 22.6 Å². The Morgan fingerprint density at radius 1 is 1.27 bits per heavy atom. The lowest BCUT2D eigenvalue weighted by molar-refractivity contribution is 0.593. The van der Waals surface area contributed by atoms with Gasteiger partial charge in [0.1, 0.15) is 5.82 Å². The van der Waals surface area contributed by atoms with Crippen LogP contribution in [0.3, 0.4) is 0 Å². The molecule has 1 rings (SSSR count). The van der Waals surface area contributed by atoms with Gasteiger partial charge in [0.2, 0.25) is 0 Å². The van der Waals surface area contributed by atoms with Gasteiger partial charge in [0, 0.05) is 8.99 Å². The van der Waals surface area contributed by atoms with E-state index in [9.17, 15) is 4.39 Å². The summed E-state index contributed by atoms with van der Waals surface area (Å²) in [7, 11) is 0. The smallest absolute Gasteiger partial charge is 0.127 e. The van der Waals surface area contributed by atoms with Crippen LogP contribution < -0.4 is 0 Å². The Morgan fingerprint density at radius 3 is 2.18 bits per heavy atom. The maximum atomic E-state index is 13.1. The molecule has 1 aromatic rings. The molecule has 0 aliphatic rings. The number of halogens is 2. The third kappa shape index (κ3) is 2.15. The van der Waals surface area contributed by atoms with E-state index in [0.29, 0.717) is 0 Å². The highest BCUT2D eigenvalue weighted by Crippen LogP contribution is 2.31. The van der Waals surface area contributed by atoms with Gasteiger partial charge in [-0.15, -0.1) is 0 Å². The van der Waals surface area contributed by atoms with E-state index in [1.807, 2.05) is 26.0 Å². The Kier molecular flexibility index (Phi) is 2.52. The minimum absolute atomic E-state index is 0.119. The van der Waals surface area contributed by atoms with Gasteiger partial charge in [0.25, 0.3) is 0 Å². The van der Waals surface area contributed by atoms with E-state index in [0.717, 1.165) is 5.56 Å². The van der Waals surface area contributed by atoms with Crippen molar-refractivity contribution in [1.29, 1.82) is 0 Å². The van der Waals surface area contributed by atoms with Gasteiger partial charge in [-0.05, 0) is 19.9 Å². The first-order valence-corrected chi connectivity index (χ1v) is 4.53. The van der Waals surface area contributed by atoms with Crippen LogP contribution in [0.4, 0.5) is 4.39 Å². The van der Waals surface area contributed by atoms with Gasteiger partial charge in [-0.2, -0.15) is 0 Å². The quantitative estimate of drug-likeness (QED) is 0.538. The van der Waals surface area contributed by atoms with Crippen molar-refractivity contribution in [3.8, 4) is 0 Å². The molecule has 11 heavy (non-hydrogen) atoms. The van der Waals surface area contributed by atoms with E-state index in [-0.39, 0.29) is 9.24 Å². The Hall–Kier alpha value is -0.120. The summed E-state index contributed by atoms with van der Waals surface area (Å²) in [6.07, 6.45) is 0. The van der Waals surface area contributed by atoms with Gasteiger partial charge >= 0.3 is 0 Å². The molecule has 0 radical (unpaired) electrons. The fourth-order valence-corrected chi connectivity index (χ4v) is 1.38. The van der Waals surface area contributed by atoms with Crippen LogP contribution in [0.5, 0.6) is 0 Å². The summed E-state index contributed by atoms with van der Waals surface area (Å²) in [6.45, 7) is 3.98. The highest BCUT2D eigenvalue weighted by molar-refractivity contribution is 14.1. The molecule has 0 nitrogen and oxygen atoms in total. The number of alkyl halides is 1. The van der Waals surface area contributed by atoms with Crippen molar-refractivity contribution in [2.24, 2.45) is 0 Å². The van der Waals surface area contributed by atoms with Crippen molar-refractivity contribution < 1.29 is 4.39 Å². The molecule has 0 aliphatic heterocycles. The molecule has 0 saturated heterocycles. The molecule has 0 spiro atoms. The van der Waals surface area contributed by atoms with E-state index >= 15 is 0 Å². The average molecular weight is 264 g/mol. The summed E-state index contributed by atoms with van der Waals surface area (Å²) >= 11 is 2.23. The topological polar surface area (TPSA) is 0 Å². The van der Waals surface area contributed by atoms with Crippen molar-refractivity contribution in [1.82, 2.24) is 0 Å². The van der Waals surface area contributed by atoms with Crippen LogP contribution in [0.25, 0.3) is 0 Å². The predicted molar refractivity (Wildman–Crippen MR) is 53.4 cm³/mol. The van der Waals surface area contributed by atoms with Crippen LogP contribution >= 0.6 is 22.6 Å². The number of hydrogen-bond donors (Lipinski definition) is 0.